The van der Waals surface area contributed by atoms with Crippen molar-refractivity contribution in [2.45, 2.75) is 39.2 Å². The molecule has 0 aromatic carbocycles. The normalized spacial score (nSPS) is 16.4. The average molecular weight is 349 g/mol. The average Bonchev–Trinajstić information content (AvgIpc) is 2.62. The van der Waals surface area contributed by atoms with Crippen molar-refractivity contribution in [3.05, 3.63) is 18.1 Å². The van der Waals surface area contributed by atoms with Gasteiger partial charge in [0, 0.05) is 44.5 Å². The van der Waals surface area contributed by atoms with E-state index in [-0.39, 0.29) is 18.6 Å². The first-order chi connectivity index (χ1) is 11.9. The van der Waals surface area contributed by atoms with E-state index in [4.69, 9.17) is 5.11 Å². The van der Waals surface area contributed by atoms with Gasteiger partial charge in [0.1, 0.15) is 12.1 Å². The van der Waals surface area contributed by atoms with E-state index in [2.05, 4.69) is 27.1 Å². The zero-order chi connectivity index (χ0) is 18.4. The lowest BCUT2D eigenvalue weighted by Gasteiger charge is -2.34. The van der Waals surface area contributed by atoms with E-state index in [0.29, 0.717) is 0 Å². The summed E-state index contributed by atoms with van der Waals surface area (Å²) in [5, 5.41) is 11.9. The number of anilines is 1. The van der Waals surface area contributed by atoms with Crippen molar-refractivity contribution in [1.29, 1.82) is 0 Å². The summed E-state index contributed by atoms with van der Waals surface area (Å²) in [7, 11) is 1.62. The largest absolute Gasteiger partial charge is 0.481 e. The number of aliphatic carboxylic acids is 1. The fourth-order valence-electron chi connectivity index (χ4n) is 2.86. The van der Waals surface area contributed by atoms with Crippen LogP contribution in [0, 0.1) is 5.92 Å². The number of carboxylic acid groups (broad SMARTS) is 1. The zero-order valence-corrected chi connectivity index (χ0v) is 15.1. The monoisotopic (exact) mass is 349 g/mol. The fourth-order valence-corrected chi connectivity index (χ4v) is 2.86. The van der Waals surface area contributed by atoms with Gasteiger partial charge in [-0.1, -0.05) is 13.8 Å². The fraction of sp³-hybridized carbons (Fsp3) is 0.647. The van der Waals surface area contributed by atoms with Crippen LogP contribution in [-0.4, -0.2) is 64.7 Å². The number of nitrogens with zero attached hydrogens (tertiary/aromatic N) is 4. The molecular weight excluding hydrogens is 322 g/mol. The van der Waals surface area contributed by atoms with E-state index in [9.17, 15) is 9.59 Å². The van der Waals surface area contributed by atoms with E-state index in [1.807, 2.05) is 6.07 Å². The van der Waals surface area contributed by atoms with E-state index in [1.54, 1.807) is 20.3 Å². The summed E-state index contributed by atoms with van der Waals surface area (Å²) in [6, 6.07) is 1.89. The van der Waals surface area contributed by atoms with E-state index < -0.39 is 11.9 Å². The minimum atomic E-state index is -0.899. The molecule has 2 N–H and O–H groups in total. The summed E-state index contributed by atoms with van der Waals surface area (Å²) in [4.78, 5) is 35.3. The first kappa shape index (κ1) is 19.0. The van der Waals surface area contributed by atoms with Crippen LogP contribution in [-0.2, 0) is 11.2 Å². The van der Waals surface area contributed by atoms with Gasteiger partial charge in [0.15, 0.2) is 0 Å². The number of urea groups is 1. The Morgan fingerprint density at radius 2 is 2.08 bits per heavy atom. The molecule has 0 saturated carbocycles. The quantitative estimate of drug-likeness (QED) is 0.805. The molecule has 2 heterocycles. The Balaban J connectivity index is 1.81. The number of piperidine rings is 1. The minimum Gasteiger partial charge on any atom is -0.481 e. The van der Waals surface area contributed by atoms with Gasteiger partial charge in [0.2, 0.25) is 0 Å². The van der Waals surface area contributed by atoms with Crippen molar-refractivity contribution >= 4 is 17.8 Å². The summed E-state index contributed by atoms with van der Waals surface area (Å²) in [5.74, 6) is -0.545. The molecule has 0 spiro atoms. The smallest absolute Gasteiger partial charge is 0.317 e. The first-order valence-corrected chi connectivity index (χ1v) is 8.71. The molecule has 0 radical (unpaired) electrons. The van der Waals surface area contributed by atoms with Gasteiger partial charge in [0.25, 0.3) is 0 Å². The van der Waals surface area contributed by atoms with Crippen LogP contribution < -0.4 is 10.2 Å². The van der Waals surface area contributed by atoms with Crippen LogP contribution in [0.1, 0.15) is 32.4 Å². The van der Waals surface area contributed by atoms with Gasteiger partial charge < -0.3 is 20.2 Å². The molecule has 8 heteroatoms. The third-order valence-electron chi connectivity index (χ3n) is 4.53. The molecule has 0 aliphatic carbocycles. The van der Waals surface area contributed by atoms with E-state index in [0.717, 1.165) is 43.9 Å². The number of hydrogen-bond acceptors (Lipinski definition) is 5. The molecule has 1 aliphatic heterocycles. The molecule has 1 saturated heterocycles. The Hall–Kier alpha value is -2.38. The van der Waals surface area contributed by atoms with Gasteiger partial charge in [-0.2, -0.15) is 0 Å². The maximum absolute atomic E-state index is 12.2. The van der Waals surface area contributed by atoms with Crippen molar-refractivity contribution in [3.8, 4) is 0 Å². The van der Waals surface area contributed by atoms with Crippen molar-refractivity contribution < 1.29 is 14.7 Å². The van der Waals surface area contributed by atoms with Crippen molar-refractivity contribution in [3.63, 3.8) is 0 Å². The summed E-state index contributed by atoms with van der Waals surface area (Å²) in [6.45, 7) is 5.49. The molecule has 1 aromatic heterocycles. The predicted octanol–water partition coefficient (Wildman–Crippen LogP) is 1.37. The van der Waals surface area contributed by atoms with Crippen LogP contribution in [0.25, 0.3) is 0 Å². The van der Waals surface area contributed by atoms with Gasteiger partial charge in [-0.15, -0.1) is 0 Å². The second kappa shape index (κ2) is 8.64. The predicted molar refractivity (Wildman–Crippen MR) is 94.6 cm³/mol. The maximum Gasteiger partial charge on any atom is 0.317 e. The molecule has 1 aliphatic rings. The highest BCUT2D eigenvalue weighted by molar-refractivity contribution is 5.76. The topological polar surface area (TPSA) is 98.7 Å². The highest BCUT2D eigenvalue weighted by Crippen LogP contribution is 2.18. The Labute approximate surface area is 148 Å². The van der Waals surface area contributed by atoms with Crippen LogP contribution >= 0.6 is 0 Å². The second-order valence-corrected chi connectivity index (χ2v) is 6.55. The number of nitrogens with one attached hydrogen (secondary N) is 1. The molecular formula is C17H27N5O3. The number of rotatable bonds is 6. The van der Waals surface area contributed by atoms with E-state index in [1.165, 1.54) is 4.90 Å². The highest BCUT2D eigenvalue weighted by atomic mass is 16.4. The standard InChI is InChI=1S/C17H27N5O3/c1-4-13-9-15(19-11-18-13)22-7-5-14(6-8-22)20-17(25)21(3)10-12(2)16(23)24/h9,11-12,14H,4-8,10H2,1-3H3,(H,20,25)(H,23,24). The summed E-state index contributed by atoms with van der Waals surface area (Å²) in [6.07, 6.45) is 4.14. The molecule has 138 valence electrons. The molecule has 2 rings (SSSR count). The lowest BCUT2D eigenvalue weighted by atomic mass is 10.1. The number of carbonyl (C=O) groups excluding carboxylic acids is 1. The Morgan fingerprint density at radius 3 is 2.68 bits per heavy atom. The van der Waals surface area contributed by atoms with Crippen LogP contribution in [0.5, 0.6) is 0 Å². The number of hydrogen-bond donors (Lipinski definition) is 2. The lowest BCUT2D eigenvalue weighted by molar-refractivity contribution is -0.141. The Bertz CT molecular complexity index is 602. The zero-order valence-electron chi connectivity index (χ0n) is 15.1. The van der Waals surface area contributed by atoms with Crippen LogP contribution in [0.4, 0.5) is 10.6 Å². The van der Waals surface area contributed by atoms with Gasteiger partial charge in [0.05, 0.1) is 5.92 Å². The van der Waals surface area contributed by atoms with Crippen LogP contribution in [0.2, 0.25) is 0 Å². The van der Waals surface area contributed by atoms with Crippen molar-refractivity contribution in [2.75, 3.05) is 31.6 Å². The minimum absolute atomic E-state index is 0.0961. The molecule has 1 unspecified atom stereocenters. The van der Waals surface area contributed by atoms with Gasteiger partial charge in [-0.25, -0.2) is 14.8 Å². The molecule has 2 amide bonds. The molecule has 1 aromatic rings. The number of carbonyl (C=O) groups is 2. The third-order valence-corrected chi connectivity index (χ3v) is 4.53. The molecule has 8 nitrogen and oxygen atoms in total. The number of carboxylic acids is 1. The lowest BCUT2D eigenvalue weighted by Crippen LogP contribution is -2.49. The van der Waals surface area contributed by atoms with Gasteiger partial charge in [-0.05, 0) is 19.3 Å². The molecule has 1 atom stereocenters. The van der Waals surface area contributed by atoms with Crippen LogP contribution in [0.15, 0.2) is 12.4 Å². The summed E-state index contributed by atoms with van der Waals surface area (Å²) >= 11 is 0. The van der Waals surface area contributed by atoms with Gasteiger partial charge in [-0.3, -0.25) is 4.79 Å². The Morgan fingerprint density at radius 1 is 1.40 bits per heavy atom. The number of aromatic nitrogens is 2. The number of aryl methyl sites for hydroxylation is 1. The highest BCUT2D eigenvalue weighted by Gasteiger charge is 2.24. The van der Waals surface area contributed by atoms with Crippen LogP contribution in [0.3, 0.4) is 0 Å². The SMILES string of the molecule is CCc1cc(N2CCC(NC(=O)N(C)CC(C)C(=O)O)CC2)ncn1. The number of amides is 2. The second-order valence-electron chi connectivity index (χ2n) is 6.55. The Kier molecular flexibility index (Phi) is 6.55. The van der Waals surface area contributed by atoms with Gasteiger partial charge >= 0.3 is 12.0 Å². The molecule has 0 bridgehead atoms. The summed E-state index contributed by atoms with van der Waals surface area (Å²) < 4.78 is 0. The van der Waals surface area contributed by atoms with E-state index >= 15 is 0 Å². The molecule has 1 fully saturated rings. The van der Waals surface area contributed by atoms with Crippen molar-refractivity contribution in [2.24, 2.45) is 5.92 Å². The molecule has 25 heavy (non-hydrogen) atoms. The van der Waals surface area contributed by atoms with Crippen molar-refractivity contribution in [1.82, 2.24) is 20.2 Å². The maximum atomic E-state index is 12.2. The third kappa shape index (κ3) is 5.30. The summed E-state index contributed by atoms with van der Waals surface area (Å²) in [5.41, 5.74) is 1.02. The first-order valence-electron chi connectivity index (χ1n) is 8.71.